The molecule has 2 aromatic carbocycles. The lowest BCUT2D eigenvalue weighted by Gasteiger charge is -2.26. The number of hydrogen-bond acceptors (Lipinski definition) is 1. The van der Waals surface area contributed by atoms with Crippen molar-refractivity contribution in [3.8, 4) is 0 Å². The normalized spacial score (nSPS) is 11.5. The molecule has 0 atom stereocenters. The number of hydrogen-bond donors (Lipinski definition) is 1. The third-order valence-corrected chi connectivity index (χ3v) is 2.87. The smallest absolute Gasteiger partial charge is 0.128 e. The first-order valence-electron chi connectivity index (χ1n) is 5.32. The highest BCUT2D eigenvalue weighted by Gasteiger charge is 2.29. The van der Waals surface area contributed by atoms with Gasteiger partial charge in [0.15, 0.2) is 0 Å². The monoisotopic (exact) mass is 233 g/mol. The summed E-state index contributed by atoms with van der Waals surface area (Å²) < 4.78 is 27.4. The number of nitrogens with two attached hydrogens (primary N) is 1. The van der Waals surface area contributed by atoms with Gasteiger partial charge in [0.1, 0.15) is 11.6 Å². The molecule has 0 aliphatic heterocycles. The third-order valence-electron chi connectivity index (χ3n) is 2.87. The minimum Gasteiger partial charge on any atom is -0.318 e. The molecule has 0 radical (unpaired) electrons. The first kappa shape index (κ1) is 11.7. The second-order valence-corrected chi connectivity index (χ2v) is 4.16. The molecular weight excluding hydrogens is 220 g/mol. The van der Waals surface area contributed by atoms with Gasteiger partial charge in [-0.1, -0.05) is 36.4 Å². The summed E-state index contributed by atoms with van der Waals surface area (Å²) in [5.74, 6) is -0.860. The van der Waals surface area contributed by atoms with Crippen molar-refractivity contribution in [1.82, 2.24) is 0 Å². The molecule has 3 heteroatoms. The van der Waals surface area contributed by atoms with Crippen LogP contribution in [0.4, 0.5) is 8.78 Å². The number of benzene rings is 2. The van der Waals surface area contributed by atoms with Gasteiger partial charge < -0.3 is 5.73 Å². The van der Waals surface area contributed by atoms with Crippen molar-refractivity contribution < 1.29 is 8.78 Å². The van der Waals surface area contributed by atoms with Crippen molar-refractivity contribution in [2.24, 2.45) is 5.73 Å². The van der Waals surface area contributed by atoms with Crippen molar-refractivity contribution in [2.75, 3.05) is 0 Å². The van der Waals surface area contributed by atoms with Crippen LogP contribution in [0.2, 0.25) is 0 Å². The van der Waals surface area contributed by atoms with Crippen molar-refractivity contribution in [1.29, 1.82) is 0 Å². The number of halogens is 2. The van der Waals surface area contributed by atoms with E-state index in [-0.39, 0.29) is 11.1 Å². The van der Waals surface area contributed by atoms with E-state index in [1.54, 1.807) is 43.3 Å². The first-order valence-corrected chi connectivity index (χ1v) is 5.32. The largest absolute Gasteiger partial charge is 0.318 e. The molecule has 17 heavy (non-hydrogen) atoms. The summed E-state index contributed by atoms with van der Waals surface area (Å²) in [4.78, 5) is 0. The zero-order valence-electron chi connectivity index (χ0n) is 9.45. The molecule has 2 N–H and O–H groups in total. The Morgan fingerprint density at radius 3 is 1.53 bits per heavy atom. The van der Waals surface area contributed by atoms with E-state index < -0.39 is 17.2 Å². The van der Waals surface area contributed by atoms with Gasteiger partial charge in [0.2, 0.25) is 0 Å². The predicted molar refractivity (Wildman–Crippen MR) is 63.4 cm³/mol. The maximum absolute atomic E-state index is 13.7. The topological polar surface area (TPSA) is 26.0 Å². The minimum absolute atomic E-state index is 0.282. The van der Waals surface area contributed by atoms with Crippen molar-refractivity contribution >= 4 is 0 Å². The fourth-order valence-corrected chi connectivity index (χ4v) is 1.91. The molecule has 0 saturated heterocycles. The molecule has 0 saturated carbocycles. The van der Waals surface area contributed by atoms with Crippen LogP contribution in [0.15, 0.2) is 48.5 Å². The molecule has 0 aliphatic carbocycles. The molecule has 0 fully saturated rings. The zero-order valence-corrected chi connectivity index (χ0v) is 9.45. The lowest BCUT2D eigenvalue weighted by atomic mass is 9.85. The fourth-order valence-electron chi connectivity index (χ4n) is 1.91. The Labute approximate surface area is 98.9 Å². The van der Waals surface area contributed by atoms with E-state index >= 15 is 0 Å². The quantitative estimate of drug-likeness (QED) is 0.847. The van der Waals surface area contributed by atoms with Crippen LogP contribution in [0.3, 0.4) is 0 Å². The molecule has 0 aromatic heterocycles. The molecule has 2 rings (SSSR count). The van der Waals surface area contributed by atoms with E-state index in [4.69, 9.17) is 5.73 Å². The van der Waals surface area contributed by atoms with Crippen LogP contribution in [0.25, 0.3) is 0 Å². The SMILES string of the molecule is CC(N)(c1ccccc1F)c1ccccc1F. The molecule has 0 unspecified atom stereocenters. The Bertz CT molecular complexity index is 488. The summed E-state index contributed by atoms with van der Waals surface area (Å²) in [5, 5.41) is 0. The lowest BCUT2D eigenvalue weighted by molar-refractivity contribution is 0.499. The average Bonchev–Trinajstić information content (AvgIpc) is 2.29. The molecular formula is C14H13F2N. The summed E-state index contributed by atoms with van der Waals surface area (Å²) in [5.41, 5.74) is 5.46. The average molecular weight is 233 g/mol. The highest BCUT2D eigenvalue weighted by atomic mass is 19.1. The zero-order chi connectivity index (χ0) is 12.5. The van der Waals surface area contributed by atoms with Crippen LogP contribution >= 0.6 is 0 Å². The molecule has 2 aromatic rings. The van der Waals surface area contributed by atoms with Gasteiger partial charge in [-0.15, -0.1) is 0 Å². The molecule has 1 nitrogen and oxygen atoms in total. The maximum Gasteiger partial charge on any atom is 0.128 e. The maximum atomic E-state index is 13.7. The fraction of sp³-hybridized carbons (Fsp3) is 0.143. The molecule has 0 aliphatic rings. The van der Waals surface area contributed by atoms with E-state index in [1.165, 1.54) is 12.1 Å². The van der Waals surface area contributed by atoms with Crippen LogP contribution in [0.1, 0.15) is 18.1 Å². The second kappa shape index (κ2) is 4.26. The summed E-state index contributed by atoms with van der Waals surface area (Å²) in [7, 11) is 0. The van der Waals surface area contributed by atoms with Gasteiger partial charge in [-0.3, -0.25) is 0 Å². The summed E-state index contributed by atoms with van der Waals surface area (Å²) in [6.45, 7) is 1.60. The van der Waals surface area contributed by atoms with E-state index in [2.05, 4.69) is 0 Å². The van der Waals surface area contributed by atoms with Crippen LogP contribution in [-0.4, -0.2) is 0 Å². The molecule has 0 bridgehead atoms. The van der Waals surface area contributed by atoms with Crippen LogP contribution in [0, 0.1) is 11.6 Å². The first-order chi connectivity index (χ1) is 8.03. The van der Waals surface area contributed by atoms with E-state index in [0.717, 1.165) is 0 Å². The van der Waals surface area contributed by atoms with Gasteiger partial charge >= 0.3 is 0 Å². The van der Waals surface area contributed by atoms with Crippen molar-refractivity contribution in [3.05, 3.63) is 71.3 Å². The summed E-state index contributed by atoms with van der Waals surface area (Å²) >= 11 is 0. The van der Waals surface area contributed by atoms with Crippen LogP contribution < -0.4 is 5.73 Å². The Kier molecular flexibility index (Phi) is 2.94. The lowest BCUT2D eigenvalue weighted by Crippen LogP contribution is -2.36. The van der Waals surface area contributed by atoms with Crippen molar-refractivity contribution in [2.45, 2.75) is 12.5 Å². The highest BCUT2D eigenvalue weighted by Crippen LogP contribution is 2.29. The third kappa shape index (κ3) is 2.06. The summed E-state index contributed by atoms with van der Waals surface area (Å²) in [6, 6.07) is 12.3. The standard InChI is InChI=1S/C14H13F2N/c1-14(17,10-6-2-4-8-12(10)15)11-7-3-5-9-13(11)16/h2-9H,17H2,1H3. The predicted octanol–water partition coefficient (Wildman–Crippen LogP) is 3.19. The Balaban J connectivity index is 2.58. The Hall–Kier alpha value is -1.74. The molecule has 0 heterocycles. The van der Waals surface area contributed by atoms with Crippen LogP contribution in [0.5, 0.6) is 0 Å². The van der Waals surface area contributed by atoms with E-state index in [0.29, 0.717) is 0 Å². The van der Waals surface area contributed by atoms with Gasteiger partial charge in [0.05, 0.1) is 5.54 Å². The number of rotatable bonds is 2. The van der Waals surface area contributed by atoms with Gasteiger partial charge in [0, 0.05) is 11.1 Å². The van der Waals surface area contributed by atoms with E-state index in [1.807, 2.05) is 0 Å². The Morgan fingerprint density at radius 1 is 0.824 bits per heavy atom. The molecule has 0 amide bonds. The highest BCUT2D eigenvalue weighted by molar-refractivity contribution is 5.38. The van der Waals surface area contributed by atoms with Crippen LogP contribution in [-0.2, 0) is 5.54 Å². The van der Waals surface area contributed by atoms with Crippen molar-refractivity contribution in [3.63, 3.8) is 0 Å². The van der Waals surface area contributed by atoms with Gasteiger partial charge in [0.25, 0.3) is 0 Å². The van der Waals surface area contributed by atoms with Gasteiger partial charge in [-0.25, -0.2) is 8.78 Å². The Morgan fingerprint density at radius 2 is 1.18 bits per heavy atom. The van der Waals surface area contributed by atoms with Gasteiger partial charge in [-0.2, -0.15) is 0 Å². The van der Waals surface area contributed by atoms with E-state index in [9.17, 15) is 8.78 Å². The molecule has 88 valence electrons. The summed E-state index contributed by atoms with van der Waals surface area (Å²) in [6.07, 6.45) is 0. The molecule has 0 spiro atoms. The van der Waals surface area contributed by atoms with Gasteiger partial charge in [-0.05, 0) is 19.1 Å². The second-order valence-electron chi connectivity index (χ2n) is 4.16. The minimum atomic E-state index is -1.18.